The summed E-state index contributed by atoms with van der Waals surface area (Å²) in [5.74, 6) is -3.01. The van der Waals surface area contributed by atoms with Crippen LogP contribution in [0, 0.1) is 0 Å². The molecule has 0 unspecified atom stereocenters. The van der Waals surface area contributed by atoms with E-state index >= 15 is 0 Å². The monoisotopic (exact) mass is 299 g/mol. The third-order valence-corrected chi connectivity index (χ3v) is 3.45. The highest BCUT2D eigenvalue weighted by atomic mass is 19.4. The van der Waals surface area contributed by atoms with Crippen LogP contribution >= 0.6 is 0 Å². The molecule has 7 heteroatoms. The molecular weight excluding hydrogens is 275 g/mol. The van der Waals surface area contributed by atoms with Gasteiger partial charge in [-0.1, -0.05) is 0 Å². The number of halogens is 3. The van der Waals surface area contributed by atoms with E-state index in [1.54, 1.807) is 0 Å². The molecule has 0 atom stereocenters. The molecule has 0 aromatic carbocycles. The fraction of sp³-hybridized carbons (Fsp3) is 0.846. The van der Waals surface area contributed by atoms with Crippen LogP contribution in [0.1, 0.15) is 40.0 Å². The Kier molecular flexibility index (Phi) is 11.3. The summed E-state index contributed by atoms with van der Waals surface area (Å²) < 4.78 is 32.8. The molecular formula is C13H24F3NO3. The van der Waals surface area contributed by atoms with E-state index in [2.05, 4.69) is 20.8 Å². The number of rotatable bonds is 8. The minimum absolute atomic E-state index is 0.733. The zero-order valence-corrected chi connectivity index (χ0v) is 12.3. The van der Waals surface area contributed by atoms with Gasteiger partial charge in [0.05, 0.1) is 26.2 Å². The second kappa shape index (κ2) is 10.7. The van der Waals surface area contributed by atoms with Crippen LogP contribution in [0.5, 0.6) is 0 Å². The number of unbranched alkanes of at least 4 members (excludes halogenated alkanes) is 2. The Morgan fingerprint density at radius 3 is 1.75 bits per heavy atom. The molecule has 0 radical (unpaired) electrons. The van der Waals surface area contributed by atoms with Gasteiger partial charge in [-0.05, 0) is 33.6 Å². The van der Waals surface area contributed by atoms with Crippen molar-refractivity contribution in [3.63, 3.8) is 0 Å². The quantitative estimate of drug-likeness (QED) is 0.388. The number of alkyl halides is 3. The molecule has 0 N–H and O–H groups in total. The van der Waals surface area contributed by atoms with E-state index in [0.717, 1.165) is 19.1 Å². The standard InChI is InChI=1S/C11H24NO.C2HF3O2/c1-4-12(5-2,6-3)10-8-7-9-11-13;3-2(4,5)1(6)7/h11H,4-10H2,1-3H3;(H,6,7)/q+1;/p-1. The lowest BCUT2D eigenvalue weighted by Crippen LogP contribution is -2.48. The Hall–Kier alpha value is -1.11. The summed E-state index contributed by atoms with van der Waals surface area (Å²) in [5.41, 5.74) is 0. The van der Waals surface area contributed by atoms with Crippen molar-refractivity contribution in [2.24, 2.45) is 0 Å². The Balaban J connectivity index is 0. The number of carbonyl (C=O) groups excluding carboxylic acids is 2. The Bertz CT molecular complexity index is 268. The van der Waals surface area contributed by atoms with E-state index < -0.39 is 12.1 Å². The normalized spacial score (nSPS) is 11.5. The fourth-order valence-electron chi connectivity index (χ4n) is 1.82. The summed E-state index contributed by atoms with van der Waals surface area (Å²) in [7, 11) is 0. The zero-order chi connectivity index (χ0) is 16.2. The van der Waals surface area contributed by atoms with Crippen LogP contribution < -0.4 is 5.11 Å². The number of carboxylic acid groups (broad SMARTS) is 1. The molecule has 0 bridgehead atoms. The summed E-state index contributed by atoms with van der Waals surface area (Å²) in [5, 5.41) is 8.78. The summed E-state index contributed by atoms with van der Waals surface area (Å²) >= 11 is 0. The molecule has 0 saturated carbocycles. The summed E-state index contributed by atoms with van der Waals surface area (Å²) in [4.78, 5) is 18.9. The van der Waals surface area contributed by atoms with Crippen LogP contribution in [0.4, 0.5) is 13.2 Å². The van der Waals surface area contributed by atoms with E-state index in [0.29, 0.717) is 0 Å². The van der Waals surface area contributed by atoms with Gasteiger partial charge in [-0.15, -0.1) is 0 Å². The second-order valence-corrected chi connectivity index (χ2v) is 4.46. The molecule has 0 amide bonds. The first kappa shape index (κ1) is 21.2. The van der Waals surface area contributed by atoms with Crippen LogP contribution in [0.25, 0.3) is 0 Å². The average Bonchev–Trinajstić information content (AvgIpc) is 2.39. The van der Waals surface area contributed by atoms with Gasteiger partial charge in [-0.2, -0.15) is 13.2 Å². The molecule has 0 aliphatic heterocycles. The van der Waals surface area contributed by atoms with Gasteiger partial charge >= 0.3 is 6.18 Å². The van der Waals surface area contributed by atoms with Gasteiger partial charge in [0.25, 0.3) is 0 Å². The van der Waals surface area contributed by atoms with Gasteiger partial charge in [0.2, 0.25) is 0 Å². The van der Waals surface area contributed by atoms with E-state index in [9.17, 15) is 18.0 Å². The molecule has 0 rings (SSSR count). The number of carbonyl (C=O) groups is 2. The van der Waals surface area contributed by atoms with Gasteiger partial charge in [0.15, 0.2) is 0 Å². The Morgan fingerprint density at radius 2 is 1.50 bits per heavy atom. The third-order valence-electron chi connectivity index (χ3n) is 3.45. The van der Waals surface area contributed by atoms with Crippen molar-refractivity contribution in [3.8, 4) is 0 Å². The third kappa shape index (κ3) is 9.77. The minimum Gasteiger partial charge on any atom is -0.542 e. The second-order valence-electron chi connectivity index (χ2n) is 4.46. The van der Waals surface area contributed by atoms with E-state index in [-0.39, 0.29) is 0 Å². The molecule has 0 saturated heterocycles. The van der Waals surface area contributed by atoms with Crippen molar-refractivity contribution >= 4 is 12.3 Å². The Morgan fingerprint density at radius 1 is 1.10 bits per heavy atom. The molecule has 0 spiro atoms. The number of carboxylic acids is 1. The molecule has 0 heterocycles. The summed E-state index contributed by atoms with van der Waals surface area (Å²) in [6.45, 7) is 11.7. The number of hydrogen-bond donors (Lipinski definition) is 0. The minimum atomic E-state index is -5.19. The highest BCUT2D eigenvalue weighted by Gasteiger charge is 2.28. The van der Waals surface area contributed by atoms with Crippen molar-refractivity contribution in [2.45, 2.75) is 46.2 Å². The fourth-order valence-corrected chi connectivity index (χ4v) is 1.82. The SMILES string of the molecule is CC[N+](CC)(CC)CCCCC=O.O=C([O-])C(F)(F)F. The molecule has 120 valence electrons. The predicted octanol–water partition coefficient (Wildman–Crippen LogP) is 1.53. The van der Waals surface area contributed by atoms with E-state index in [1.807, 2.05) is 0 Å². The molecule has 0 fully saturated rings. The predicted molar refractivity (Wildman–Crippen MR) is 67.7 cm³/mol. The number of aliphatic carboxylic acids is 1. The molecule has 4 nitrogen and oxygen atoms in total. The Labute approximate surface area is 118 Å². The highest BCUT2D eigenvalue weighted by molar-refractivity contribution is 5.70. The first-order valence-corrected chi connectivity index (χ1v) is 6.76. The molecule has 0 aromatic rings. The van der Waals surface area contributed by atoms with Crippen molar-refractivity contribution in [2.75, 3.05) is 26.2 Å². The van der Waals surface area contributed by atoms with Crippen LogP contribution in [0.3, 0.4) is 0 Å². The number of aldehydes is 1. The van der Waals surface area contributed by atoms with Gasteiger partial charge in [-0.3, -0.25) is 0 Å². The molecule has 0 aliphatic rings. The van der Waals surface area contributed by atoms with Crippen LogP contribution in [0.2, 0.25) is 0 Å². The largest absolute Gasteiger partial charge is 0.542 e. The van der Waals surface area contributed by atoms with Crippen LogP contribution in [-0.2, 0) is 9.59 Å². The van der Waals surface area contributed by atoms with Gasteiger partial charge in [0, 0.05) is 6.42 Å². The van der Waals surface area contributed by atoms with Crippen molar-refractivity contribution < 1.29 is 32.3 Å². The van der Waals surface area contributed by atoms with Gasteiger partial charge < -0.3 is 19.2 Å². The maximum Gasteiger partial charge on any atom is 0.430 e. The van der Waals surface area contributed by atoms with E-state index in [4.69, 9.17) is 9.90 Å². The van der Waals surface area contributed by atoms with Crippen molar-refractivity contribution in [1.29, 1.82) is 0 Å². The van der Waals surface area contributed by atoms with Crippen molar-refractivity contribution in [3.05, 3.63) is 0 Å². The van der Waals surface area contributed by atoms with Gasteiger partial charge in [-0.25, -0.2) is 0 Å². The molecule has 20 heavy (non-hydrogen) atoms. The lowest BCUT2D eigenvalue weighted by atomic mass is 10.2. The zero-order valence-electron chi connectivity index (χ0n) is 12.3. The number of quaternary nitrogens is 1. The molecule has 0 aromatic heterocycles. The smallest absolute Gasteiger partial charge is 0.430 e. The summed E-state index contributed by atoms with van der Waals surface area (Å²) in [6.07, 6.45) is -1.19. The average molecular weight is 299 g/mol. The van der Waals surface area contributed by atoms with Crippen molar-refractivity contribution in [1.82, 2.24) is 0 Å². The van der Waals surface area contributed by atoms with Crippen LogP contribution in [-0.4, -0.2) is 49.1 Å². The lowest BCUT2D eigenvalue weighted by molar-refractivity contribution is -0.923. The maximum absolute atomic E-state index is 10.5. The first-order valence-electron chi connectivity index (χ1n) is 6.76. The van der Waals surface area contributed by atoms with Crippen LogP contribution in [0.15, 0.2) is 0 Å². The number of hydrogen-bond acceptors (Lipinski definition) is 3. The molecule has 0 aliphatic carbocycles. The maximum atomic E-state index is 10.5. The number of nitrogens with zero attached hydrogens (tertiary/aromatic N) is 1. The topological polar surface area (TPSA) is 57.2 Å². The first-order chi connectivity index (χ1) is 9.19. The highest BCUT2D eigenvalue weighted by Crippen LogP contribution is 2.11. The lowest BCUT2D eigenvalue weighted by Gasteiger charge is -2.35. The van der Waals surface area contributed by atoms with Gasteiger partial charge in [0.1, 0.15) is 12.3 Å². The van der Waals surface area contributed by atoms with E-state index in [1.165, 1.54) is 37.1 Å². The summed E-state index contributed by atoms with van der Waals surface area (Å²) in [6, 6.07) is 0.